The van der Waals surface area contributed by atoms with Crippen LogP contribution in [0.5, 0.6) is 11.5 Å². The van der Waals surface area contributed by atoms with Gasteiger partial charge in [0.1, 0.15) is 18.4 Å². The number of esters is 1. The van der Waals surface area contributed by atoms with E-state index < -0.39 is 19.8 Å². The molecule has 0 radical (unpaired) electrons. The van der Waals surface area contributed by atoms with Crippen LogP contribution < -0.4 is 14.1 Å². The first-order chi connectivity index (χ1) is 14.9. The summed E-state index contributed by atoms with van der Waals surface area (Å²) in [6, 6.07) is 21.7. The number of para-hydroxylation sites is 2. The molecule has 3 rings (SSSR count). The van der Waals surface area contributed by atoms with Crippen molar-refractivity contribution in [1.82, 2.24) is 5.09 Å². The molecule has 2 atom stereocenters. The standard InChI is InChI=1S/C22H20BrClNO5P/c1-16(22(26)28-15-17-9-4-2-5-10-17)25-31(27,29-18-11-6-3-7-12-18)30-21-19(23)13-8-14-20(21)24/h2-14,16H,15H2,1H3,(H,25,27)/t16-,31?/m0/s1. The molecule has 0 aliphatic carbocycles. The molecule has 3 aromatic carbocycles. The number of ether oxygens (including phenoxy) is 1. The normalized spacial score (nSPS) is 13.6. The van der Waals surface area contributed by atoms with Crippen LogP contribution in [0.15, 0.2) is 83.3 Å². The molecule has 0 spiro atoms. The fourth-order valence-corrected chi connectivity index (χ4v) is 5.04. The van der Waals surface area contributed by atoms with Gasteiger partial charge in [0, 0.05) is 0 Å². The number of benzene rings is 3. The lowest BCUT2D eigenvalue weighted by Gasteiger charge is -2.24. The van der Waals surface area contributed by atoms with E-state index in [1.54, 1.807) is 48.5 Å². The third-order valence-electron chi connectivity index (χ3n) is 4.03. The van der Waals surface area contributed by atoms with Crippen molar-refractivity contribution in [3.05, 3.63) is 93.9 Å². The van der Waals surface area contributed by atoms with Crippen LogP contribution in [-0.2, 0) is 20.7 Å². The van der Waals surface area contributed by atoms with Gasteiger partial charge in [0.05, 0.1) is 9.50 Å². The predicted octanol–water partition coefficient (Wildman–Crippen LogP) is 6.39. The zero-order valence-corrected chi connectivity index (χ0v) is 19.8. The van der Waals surface area contributed by atoms with Gasteiger partial charge in [-0.3, -0.25) is 4.79 Å². The van der Waals surface area contributed by atoms with E-state index >= 15 is 0 Å². The first-order valence-electron chi connectivity index (χ1n) is 9.33. The van der Waals surface area contributed by atoms with E-state index in [2.05, 4.69) is 21.0 Å². The summed E-state index contributed by atoms with van der Waals surface area (Å²) in [6.45, 7) is 1.60. The Bertz CT molecular complexity index is 1050. The lowest BCUT2D eigenvalue weighted by atomic mass is 10.2. The highest BCUT2D eigenvalue weighted by atomic mass is 79.9. The van der Waals surface area contributed by atoms with Crippen molar-refractivity contribution in [1.29, 1.82) is 0 Å². The molecule has 1 unspecified atom stereocenters. The van der Waals surface area contributed by atoms with Crippen LogP contribution in [0.1, 0.15) is 12.5 Å². The lowest BCUT2D eigenvalue weighted by molar-refractivity contribution is -0.146. The Morgan fingerprint density at radius 1 is 1.00 bits per heavy atom. The van der Waals surface area contributed by atoms with Gasteiger partial charge in [-0.05, 0) is 52.7 Å². The van der Waals surface area contributed by atoms with Gasteiger partial charge in [0.25, 0.3) is 0 Å². The summed E-state index contributed by atoms with van der Waals surface area (Å²) in [5.74, 6) is -0.185. The van der Waals surface area contributed by atoms with Crippen LogP contribution in [0.2, 0.25) is 5.02 Å². The molecule has 0 aliphatic heterocycles. The summed E-state index contributed by atoms with van der Waals surface area (Å²) in [5.41, 5.74) is 0.836. The maximum Gasteiger partial charge on any atom is 0.513 e. The zero-order chi connectivity index (χ0) is 22.3. The van der Waals surface area contributed by atoms with Gasteiger partial charge in [0.15, 0.2) is 5.75 Å². The van der Waals surface area contributed by atoms with Crippen LogP contribution in [0.3, 0.4) is 0 Å². The fraction of sp³-hybridized carbons (Fsp3) is 0.136. The average molecular weight is 525 g/mol. The second-order valence-electron chi connectivity index (χ2n) is 6.49. The molecule has 0 fully saturated rings. The highest BCUT2D eigenvalue weighted by molar-refractivity contribution is 9.10. The molecule has 0 bridgehead atoms. The molecule has 31 heavy (non-hydrogen) atoms. The van der Waals surface area contributed by atoms with Gasteiger partial charge in [-0.2, -0.15) is 5.09 Å². The van der Waals surface area contributed by atoms with Crippen LogP contribution in [0.25, 0.3) is 0 Å². The van der Waals surface area contributed by atoms with E-state index in [9.17, 15) is 9.36 Å². The predicted molar refractivity (Wildman–Crippen MR) is 123 cm³/mol. The second kappa shape index (κ2) is 10.8. The summed E-state index contributed by atoms with van der Waals surface area (Å²) in [7, 11) is -4.09. The summed E-state index contributed by atoms with van der Waals surface area (Å²) < 4.78 is 30.7. The van der Waals surface area contributed by atoms with Gasteiger partial charge in [-0.15, -0.1) is 0 Å². The number of carbonyl (C=O) groups is 1. The van der Waals surface area contributed by atoms with Crippen LogP contribution in [-0.4, -0.2) is 12.0 Å². The molecule has 3 aromatic rings. The fourth-order valence-electron chi connectivity index (χ4n) is 2.52. The van der Waals surface area contributed by atoms with Crippen molar-refractivity contribution in [3.63, 3.8) is 0 Å². The third-order valence-corrected chi connectivity index (χ3v) is 6.53. The second-order valence-corrected chi connectivity index (χ2v) is 9.37. The van der Waals surface area contributed by atoms with Crippen LogP contribution in [0.4, 0.5) is 0 Å². The Hall–Kier alpha value is -2.31. The van der Waals surface area contributed by atoms with Crippen LogP contribution in [0, 0.1) is 0 Å². The Balaban J connectivity index is 1.77. The van der Waals surface area contributed by atoms with Crippen molar-refractivity contribution in [2.45, 2.75) is 19.6 Å². The van der Waals surface area contributed by atoms with E-state index in [0.717, 1.165) is 5.56 Å². The van der Waals surface area contributed by atoms with Gasteiger partial charge in [-0.1, -0.05) is 66.2 Å². The Morgan fingerprint density at radius 3 is 2.29 bits per heavy atom. The lowest BCUT2D eigenvalue weighted by Crippen LogP contribution is -2.35. The topological polar surface area (TPSA) is 73.9 Å². The molecule has 0 saturated carbocycles. The van der Waals surface area contributed by atoms with E-state index in [0.29, 0.717) is 10.2 Å². The Morgan fingerprint density at radius 2 is 1.65 bits per heavy atom. The van der Waals surface area contributed by atoms with E-state index in [4.69, 9.17) is 25.4 Å². The summed E-state index contributed by atoms with van der Waals surface area (Å²) in [6.07, 6.45) is 0. The molecule has 0 amide bonds. The number of rotatable bonds is 9. The number of hydrogen-bond acceptors (Lipinski definition) is 5. The summed E-state index contributed by atoms with van der Waals surface area (Å²) in [4.78, 5) is 12.5. The highest BCUT2D eigenvalue weighted by Crippen LogP contribution is 2.49. The minimum Gasteiger partial charge on any atom is -0.460 e. The summed E-state index contributed by atoms with van der Waals surface area (Å²) in [5, 5.41) is 2.87. The molecular weight excluding hydrogens is 505 g/mol. The number of halogens is 2. The van der Waals surface area contributed by atoms with E-state index in [1.807, 2.05) is 30.3 Å². The quantitative estimate of drug-likeness (QED) is 0.258. The van der Waals surface area contributed by atoms with Gasteiger partial charge in [-0.25, -0.2) is 4.57 Å². The van der Waals surface area contributed by atoms with Gasteiger partial charge < -0.3 is 13.8 Å². The molecule has 1 N–H and O–H groups in total. The van der Waals surface area contributed by atoms with Crippen LogP contribution >= 0.6 is 35.3 Å². The molecule has 0 heterocycles. The Labute approximate surface area is 194 Å². The van der Waals surface area contributed by atoms with Crippen molar-refractivity contribution in [2.24, 2.45) is 0 Å². The third kappa shape index (κ3) is 6.84. The maximum absolute atomic E-state index is 13.6. The van der Waals surface area contributed by atoms with Crippen molar-refractivity contribution in [2.75, 3.05) is 0 Å². The highest BCUT2D eigenvalue weighted by Gasteiger charge is 2.35. The smallest absolute Gasteiger partial charge is 0.460 e. The largest absolute Gasteiger partial charge is 0.513 e. The minimum atomic E-state index is -4.09. The molecular formula is C22H20BrClNO5P. The van der Waals surface area contributed by atoms with Gasteiger partial charge in [0.2, 0.25) is 0 Å². The first-order valence-corrected chi connectivity index (χ1v) is 12.0. The molecule has 0 aliphatic rings. The molecule has 6 nitrogen and oxygen atoms in total. The van der Waals surface area contributed by atoms with E-state index in [-0.39, 0.29) is 17.4 Å². The first kappa shape index (κ1) is 23.4. The maximum atomic E-state index is 13.6. The number of nitrogens with one attached hydrogen (secondary N) is 1. The number of hydrogen-bond donors (Lipinski definition) is 1. The Kier molecular flexibility index (Phi) is 8.15. The SMILES string of the molecule is C[C@H](NP(=O)(Oc1ccccc1)Oc1c(Cl)cccc1Br)C(=O)OCc1ccccc1. The molecule has 0 aromatic heterocycles. The molecule has 9 heteroatoms. The molecule has 162 valence electrons. The van der Waals surface area contributed by atoms with Gasteiger partial charge >= 0.3 is 13.7 Å². The van der Waals surface area contributed by atoms with Crippen molar-refractivity contribution >= 4 is 41.2 Å². The average Bonchev–Trinajstić information content (AvgIpc) is 2.76. The monoisotopic (exact) mass is 523 g/mol. The van der Waals surface area contributed by atoms with Crippen molar-refractivity contribution in [3.8, 4) is 11.5 Å². The molecule has 0 saturated heterocycles. The minimum absolute atomic E-state index is 0.0897. The zero-order valence-electron chi connectivity index (χ0n) is 16.5. The number of carbonyl (C=O) groups excluding carboxylic acids is 1. The summed E-state index contributed by atoms with van der Waals surface area (Å²) >= 11 is 9.53. The van der Waals surface area contributed by atoms with Crippen molar-refractivity contribution < 1.29 is 23.1 Å². The van der Waals surface area contributed by atoms with E-state index in [1.165, 1.54) is 6.92 Å².